The van der Waals surface area contributed by atoms with Crippen LogP contribution < -0.4 is 14.8 Å². The van der Waals surface area contributed by atoms with Gasteiger partial charge < -0.3 is 24.8 Å². The fraction of sp³-hybridized carbons (Fsp3) is 0.167. The normalized spacial score (nSPS) is 16.2. The van der Waals surface area contributed by atoms with E-state index in [1.807, 2.05) is 54.6 Å². The van der Waals surface area contributed by atoms with Gasteiger partial charge in [-0.25, -0.2) is 4.79 Å². The second-order valence-corrected chi connectivity index (χ2v) is 16.1. The Balaban J connectivity index is 0.994. The van der Waals surface area contributed by atoms with Crippen LogP contribution in [0.15, 0.2) is 133 Å². The van der Waals surface area contributed by atoms with Gasteiger partial charge in [0.25, 0.3) is 5.91 Å². The number of fused-ring (bicyclic) bond motifs is 2. The van der Waals surface area contributed by atoms with Crippen LogP contribution in [0.2, 0.25) is 15.1 Å². The zero-order valence-corrected chi connectivity index (χ0v) is 34.2. The highest BCUT2D eigenvalue weighted by molar-refractivity contribution is 6.42. The molecule has 12 heteroatoms. The Kier molecular flexibility index (Phi) is 11.9. The molecule has 60 heavy (non-hydrogen) atoms. The number of nitrogens with zero attached hydrogens (tertiary/aromatic N) is 1. The molecule has 9 nitrogen and oxygen atoms in total. The van der Waals surface area contributed by atoms with E-state index in [1.165, 1.54) is 4.90 Å². The van der Waals surface area contributed by atoms with Crippen LogP contribution in [0, 0.1) is 0 Å². The summed E-state index contributed by atoms with van der Waals surface area (Å²) in [6.45, 7) is 0.339. The molecule has 6 aromatic carbocycles. The quantitative estimate of drug-likeness (QED) is 0.133. The number of ketones is 1. The summed E-state index contributed by atoms with van der Waals surface area (Å²) >= 11 is 18.2. The number of hydrogen-bond donors (Lipinski definition) is 2. The largest absolute Gasteiger partial charge is 0.489 e. The number of halogens is 3. The number of nitrogens with one attached hydrogen (secondary N) is 1. The molecule has 0 fully saturated rings. The van der Waals surface area contributed by atoms with E-state index in [9.17, 15) is 24.3 Å². The molecule has 3 atom stereocenters. The summed E-state index contributed by atoms with van der Waals surface area (Å²) in [5.41, 5.74) is 6.71. The minimum Gasteiger partial charge on any atom is -0.489 e. The minimum atomic E-state index is -1.26. The van der Waals surface area contributed by atoms with Gasteiger partial charge in [0.1, 0.15) is 30.2 Å². The van der Waals surface area contributed by atoms with Gasteiger partial charge in [-0.1, -0.05) is 114 Å². The summed E-state index contributed by atoms with van der Waals surface area (Å²) < 4.78 is 12.3. The topological polar surface area (TPSA) is 122 Å². The van der Waals surface area contributed by atoms with Crippen LogP contribution in [0.3, 0.4) is 0 Å². The first-order chi connectivity index (χ1) is 29.0. The maximum absolute atomic E-state index is 14.2. The maximum atomic E-state index is 14.2. The lowest BCUT2D eigenvalue weighted by molar-refractivity contribution is -0.142. The maximum Gasteiger partial charge on any atom is 0.326 e. The number of aliphatic carboxylic acids is 1. The third-order valence-corrected chi connectivity index (χ3v) is 11.7. The number of Topliss-reactive ketones (excluding diaryl/α,β-unsaturated/α-hetero) is 1. The first kappa shape index (κ1) is 40.6. The van der Waals surface area contributed by atoms with Gasteiger partial charge in [0, 0.05) is 47.5 Å². The molecular weight excluding hydrogens is 823 g/mol. The summed E-state index contributed by atoms with van der Waals surface area (Å²) in [6, 6.07) is 37.3. The van der Waals surface area contributed by atoms with E-state index >= 15 is 0 Å². The van der Waals surface area contributed by atoms with Gasteiger partial charge >= 0.3 is 5.97 Å². The SMILES string of the molecule is O=C1Cc2cc3c(cc2OC1c1ccc(OCc2ccc(Cl)c(Cl)c2)cc1)CN(C(=O)c1ccccc1)[C@H](C(=O)N[C@@H](Cc1ccc(-c2ccc(Cl)cc2)cc1)C(=O)O)C3. The van der Waals surface area contributed by atoms with Crippen LogP contribution in [-0.2, 0) is 46.8 Å². The molecule has 6 aromatic rings. The monoisotopic (exact) mass is 858 g/mol. The molecule has 2 amide bonds. The van der Waals surface area contributed by atoms with Crippen LogP contribution >= 0.6 is 34.8 Å². The molecule has 0 saturated carbocycles. The summed E-state index contributed by atoms with van der Waals surface area (Å²) in [4.78, 5) is 55.8. The average molecular weight is 860 g/mol. The van der Waals surface area contributed by atoms with Crippen molar-refractivity contribution in [2.24, 2.45) is 0 Å². The summed E-state index contributed by atoms with van der Waals surface area (Å²) in [7, 11) is 0. The van der Waals surface area contributed by atoms with Crippen molar-refractivity contribution in [3.05, 3.63) is 187 Å². The Morgan fingerprint density at radius 1 is 0.767 bits per heavy atom. The van der Waals surface area contributed by atoms with Gasteiger partial charge in [-0.05, 0) is 88.0 Å². The smallest absolute Gasteiger partial charge is 0.326 e. The van der Waals surface area contributed by atoms with Crippen LogP contribution in [0.4, 0.5) is 0 Å². The van der Waals surface area contributed by atoms with Gasteiger partial charge in [-0.2, -0.15) is 0 Å². The number of rotatable bonds is 11. The Morgan fingerprint density at radius 2 is 1.45 bits per heavy atom. The Morgan fingerprint density at radius 3 is 2.13 bits per heavy atom. The predicted octanol–water partition coefficient (Wildman–Crippen LogP) is 9.52. The highest BCUT2D eigenvalue weighted by atomic mass is 35.5. The summed E-state index contributed by atoms with van der Waals surface area (Å²) in [6.07, 6.45) is -0.619. The van der Waals surface area contributed by atoms with E-state index in [4.69, 9.17) is 44.3 Å². The Labute approximate surface area is 361 Å². The molecular formula is C48H37Cl3N2O7. The first-order valence-corrected chi connectivity index (χ1v) is 20.4. The Hall–Kier alpha value is -6.13. The lowest BCUT2D eigenvalue weighted by Crippen LogP contribution is -2.56. The number of amides is 2. The molecule has 2 N–H and O–H groups in total. The van der Waals surface area contributed by atoms with Crippen LogP contribution in [0.5, 0.6) is 11.5 Å². The third-order valence-electron chi connectivity index (χ3n) is 10.8. The van der Waals surface area contributed by atoms with E-state index < -0.39 is 30.1 Å². The second kappa shape index (κ2) is 17.6. The molecule has 302 valence electrons. The molecule has 2 heterocycles. The minimum absolute atomic E-state index is 0.0283. The fourth-order valence-corrected chi connectivity index (χ4v) is 8.00. The zero-order valence-electron chi connectivity index (χ0n) is 31.9. The third kappa shape index (κ3) is 9.04. The van der Waals surface area contributed by atoms with Crippen molar-refractivity contribution in [2.75, 3.05) is 0 Å². The first-order valence-electron chi connectivity index (χ1n) is 19.2. The van der Waals surface area contributed by atoms with Crippen molar-refractivity contribution in [3.63, 3.8) is 0 Å². The molecule has 8 rings (SSSR count). The van der Waals surface area contributed by atoms with E-state index in [0.717, 1.165) is 27.8 Å². The van der Waals surface area contributed by atoms with Crippen molar-refractivity contribution in [1.82, 2.24) is 10.2 Å². The van der Waals surface area contributed by atoms with Crippen LogP contribution in [-0.4, -0.2) is 45.7 Å². The highest BCUT2D eigenvalue weighted by Gasteiger charge is 2.39. The van der Waals surface area contributed by atoms with Gasteiger partial charge in [0.15, 0.2) is 11.9 Å². The molecule has 0 aromatic heterocycles. The number of carbonyl (C=O) groups is 4. The van der Waals surface area contributed by atoms with Crippen molar-refractivity contribution >= 4 is 58.4 Å². The van der Waals surface area contributed by atoms with Crippen LogP contribution in [0.1, 0.15) is 49.8 Å². The molecule has 0 aliphatic carbocycles. The van der Waals surface area contributed by atoms with Gasteiger partial charge in [0.05, 0.1) is 10.0 Å². The molecule has 1 unspecified atom stereocenters. The number of benzene rings is 6. The molecule has 2 aliphatic heterocycles. The lowest BCUT2D eigenvalue weighted by atomic mass is 9.87. The number of carbonyl (C=O) groups excluding carboxylic acids is 3. The lowest BCUT2D eigenvalue weighted by Gasteiger charge is -2.37. The molecule has 0 bridgehead atoms. The fourth-order valence-electron chi connectivity index (χ4n) is 7.55. The number of carboxylic acid groups (broad SMARTS) is 1. The zero-order chi connectivity index (χ0) is 41.9. The van der Waals surface area contributed by atoms with Crippen molar-refractivity contribution < 1.29 is 33.8 Å². The molecule has 0 radical (unpaired) electrons. The second-order valence-electron chi connectivity index (χ2n) is 14.8. The van der Waals surface area contributed by atoms with E-state index in [-0.39, 0.29) is 44.1 Å². The van der Waals surface area contributed by atoms with E-state index in [1.54, 1.807) is 78.9 Å². The molecule has 0 spiro atoms. The number of ether oxygens (including phenoxy) is 2. The average Bonchev–Trinajstić information content (AvgIpc) is 3.26. The summed E-state index contributed by atoms with van der Waals surface area (Å²) in [5.74, 6) is -1.19. The number of hydrogen-bond acceptors (Lipinski definition) is 6. The molecule has 2 aliphatic rings. The predicted molar refractivity (Wildman–Crippen MR) is 230 cm³/mol. The standard InChI is InChI=1S/C48H37Cl3N2O7/c49-37-15-11-31(12-16-37)30-9-6-28(7-10-30)21-41(48(57)58)52-46(55)42-23-34-22-35-24-43(54)45(32-13-17-38(18-14-32)59-27-29-8-19-39(50)40(51)20-29)60-44(35)25-36(34)26-53(42)47(56)33-4-2-1-3-5-33/h1-20,22,25,41-42,45H,21,23-24,26-27H2,(H,52,55)(H,57,58)/t41-,42-,45?/m0/s1. The van der Waals surface area contributed by atoms with Crippen molar-refractivity contribution in [3.8, 4) is 22.6 Å². The highest BCUT2D eigenvalue weighted by Crippen LogP contribution is 2.38. The summed E-state index contributed by atoms with van der Waals surface area (Å²) in [5, 5.41) is 14.5. The van der Waals surface area contributed by atoms with Crippen molar-refractivity contribution in [2.45, 2.75) is 50.6 Å². The van der Waals surface area contributed by atoms with E-state index in [0.29, 0.717) is 48.8 Å². The van der Waals surface area contributed by atoms with Gasteiger partial charge in [-0.3, -0.25) is 14.4 Å². The van der Waals surface area contributed by atoms with Gasteiger partial charge in [-0.15, -0.1) is 0 Å². The molecule has 0 saturated heterocycles. The van der Waals surface area contributed by atoms with Gasteiger partial charge in [0.2, 0.25) is 5.91 Å². The number of carboxylic acids is 1. The van der Waals surface area contributed by atoms with Crippen molar-refractivity contribution in [1.29, 1.82) is 0 Å². The Bertz CT molecular complexity index is 2580. The van der Waals surface area contributed by atoms with Crippen LogP contribution in [0.25, 0.3) is 11.1 Å². The van der Waals surface area contributed by atoms with E-state index in [2.05, 4.69) is 5.32 Å².